The molecule has 1 aromatic carbocycles. The summed E-state index contributed by atoms with van der Waals surface area (Å²) in [4.78, 5) is 10.6. The van der Waals surface area contributed by atoms with Gasteiger partial charge in [-0.3, -0.25) is 0 Å². The maximum Gasteiger partial charge on any atom is 0.405 e. The Labute approximate surface area is 95.8 Å². The summed E-state index contributed by atoms with van der Waals surface area (Å²) in [5, 5.41) is 11.2. The molecule has 0 fully saturated rings. The van der Waals surface area contributed by atoms with Gasteiger partial charge >= 0.3 is 6.09 Å². The molecule has 0 saturated carbocycles. The molecule has 1 rings (SSSR count). The van der Waals surface area contributed by atoms with Crippen LogP contribution in [0.3, 0.4) is 0 Å². The molecule has 2 N–H and O–H groups in total. The molecule has 1 unspecified atom stereocenters. The lowest BCUT2D eigenvalue weighted by Crippen LogP contribution is -2.26. The third kappa shape index (κ3) is 3.12. The van der Waals surface area contributed by atoms with Crippen LogP contribution in [0.1, 0.15) is 37.4 Å². The van der Waals surface area contributed by atoms with Crippen LogP contribution in [-0.4, -0.2) is 11.2 Å². The topological polar surface area (TPSA) is 49.3 Å². The Bertz CT molecular complexity index is 399. The van der Waals surface area contributed by atoms with Crippen molar-refractivity contribution in [1.29, 1.82) is 0 Å². The predicted octanol–water partition coefficient (Wildman–Crippen LogP) is 3.44. The lowest BCUT2D eigenvalue weighted by Gasteiger charge is -2.16. The van der Waals surface area contributed by atoms with Gasteiger partial charge in [0, 0.05) is 0 Å². The number of rotatable bonds is 4. The molecule has 0 bridgehead atoms. The van der Waals surface area contributed by atoms with Crippen molar-refractivity contribution in [3.63, 3.8) is 0 Å². The van der Waals surface area contributed by atoms with E-state index in [4.69, 9.17) is 5.11 Å². The number of allylic oxidation sites excluding steroid dienone is 1. The molecule has 0 aliphatic rings. The second-order valence-electron chi connectivity index (χ2n) is 3.82. The van der Waals surface area contributed by atoms with Crippen molar-refractivity contribution in [3.8, 4) is 0 Å². The van der Waals surface area contributed by atoms with E-state index < -0.39 is 6.09 Å². The predicted molar refractivity (Wildman–Crippen MR) is 65.3 cm³/mol. The average molecular weight is 219 g/mol. The third-order valence-electron chi connectivity index (χ3n) is 2.49. The van der Waals surface area contributed by atoms with Crippen LogP contribution < -0.4 is 5.32 Å². The lowest BCUT2D eigenvalue weighted by atomic mass is 9.99. The first-order valence-electron chi connectivity index (χ1n) is 5.30. The first-order chi connectivity index (χ1) is 7.54. The van der Waals surface area contributed by atoms with Crippen molar-refractivity contribution in [2.45, 2.75) is 26.3 Å². The van der Waals surface area contributed by atoms with Gasteiger partial charge in [-0.15, -0.1) is 0 Å². The molecule has 1 amide bonds. The van der Waals surface area contributed by atoms with Gasteiger partial charge in [0.25, 0.3) is 0 Å². The van der Waals surface area contributed by atoms with Gasteiger partial charge < -0.3 is 10.4 Å². The Hall–Kier alpha value is -1.77. The fourth-order valence-electron chi connectivity index (χ4n) is 1.59. The van der Waals surface area contributed by atoms with E-state index in [0.717, 1.165) is 23.1 Å². The Morgan fingerprint density at radius 2 is 2.25 bits per heavy atom. The van der Waals surface area contributed by atoms with E-state index in [2.05, 4.69) is 11.9 Å². The fourth-order valence-corrected chi connectivity index (χ4v) is 1.59. The molecule has 0 aliphatic carbocycles. The van der Waals surface area contributed by atoms with Crippen molar-refractivity contribution in [3.05, 3.63) is 42.0 Å². The van der Waals surface area contributed by atoms with Crippen molar-refractivity contribution in [2.75, 3.05) is 0 Å². The zero-order chi connectivity index (χ0) is 12.1. The van der Waals surface area contributed by atoms with Gasteiger partial charge in [-0.2, -0.15) is 0 Å². The molecular weight excluding hydrogens is 202 g/mol. The van der Waals surface area contributed by atoms with Gasteiger partial charge in [-0.05, 0) is 30.5 Å². The minimum Gasteiger partial charge on any atom is -0.465 e. The minimum atomic E-state index is -0.993. The van der Waals surface area contributed by atoms with E-state index in [9.17, 15) is 4.79 Å². The first-order valence-corrected chi connectivity index (χ1v) is 5.30. The van der Waals surface area contributed by atoms with E-state index in [1.54, 1.807) is 0 Å². The molecule has 86 valence electrons. The van der Waals surface area contributed by atoms with Crippen LogP contribution in [0, 0.1) is 0 Å². The fraction of sp³-hybridized carbons (Fsp3) is 0.308. The highest BCUT2D eigenvalue weighted by molar-refractivity contribution is 5.66. The van der Waals surface area contributed by atoms with E-state index in [0.29, 0.717) is 0 Å². The summed E-state index contributed by atoms with van der Waals surface area (Å²) in [6.45, 7) is 7.76. The number of carboxylic acid groups (broad SMARTS) is 1. The summed E-state index contributed by atoms with van der Waals surface area (Å²) in [6, 6.07) is 7.64. The second-order valence-corrected chi connectivity index (χ2v) is 3.82. The summed E-state index contributed by atoms with van der Waals surface area (Å²) in [5.41, 5.74) is 3.00. The highest BCUT2D eigenvalue weighted by atomic mass is 16.4. The number of nitrogens with one attached hydrogen (secondary N) is 1. The summed E-state index contributed by atoms with van der Waals surface area (Å²) in [5.74, 6) is 0. The zero-order valence-electron chi connectivity index (χ0n) is 9.66. The lowest BCUT2D eigenvalue weighted by molar-refractivity contribution is 0.189. The number of benzene rings is 1. The van der Waals surface area contributed by atoms with Crippen LogP contribution in [0.4, 0.5) is 4.79 Å². The molecule has 0 heterocycles. The van der Waals surface area contributed by atoms with Crippen LogP contribution in [0.15, 0.2) is 30.8 Å². The van der Waals surface area contributed by atoms with Gasteiger partial charge in [0.1, 0.15) is 0 Å². The zero-order valence-corrected chi connectivity index (χ0v) is 9.66. The van der Waals surface area contributed by atoms with Gasteiger partial charge in [-0.25, -0.2) is 4.79 Å². The number of carbonyl (C=O) groups is 1. The Morgan fingerprint density at radius 1 is 1.56 bits per heavy atom. The summed E-state index contributed by atoms with van der Waals surface area (Å²) in [6.07, 6.45) is -0.265. The molecule has 1 aromatic rings. The summed E-state index contributed by atoms with van der Waals surface area (Å²) in [7, 11) is 0. The molecular formula is C13H17NO2. The number of amides is 1. The van der Waals surface area contributed by atoms with E-state index in [1.807, 2.05) is 38.1 Å². The average Bonchev–Trinajstić information content (AvgIpc) is 2.25. The van der Waals surface area contributed by atoms with Crippen LogP contribution in [0.2, 0.25) is 0 Å². The van der Waals surface area contributed by atoms with Gasteiger partial charge in [0.15, 0.2) is 0 Å². The standard InChI is InChI=1S/C13H17NO2/c1-4-12(14-13(15)16)11-7-5-6-10(8-11)9(2)3/h5-8,12,14H,2,4H2,1,3H3,(H,15,16). The first kappa shape index (κ1) is 12.3. The largest absolute Gasteiger partial charge is 0.465 e. The molecule has 0 aromatic heterocycles. The Balaban J connectivity index is 2.96. The van der Waals surface area contributed by atoms with Crippen LogP contribution in [0.5, 0.6) is 0 Å². The molecule has 16 heavy (non-hydrogen) atoms. The van der Waals surface area contributed by atoms with E-state index in [1.165, 1.54) is 0 Å². The smallest absolute Gasteiger partial charge is 0.405 e. The second kappa shape index (κ2) is 5.35. The summed E-state index contributed by atoms with van der Waals surface area (Å²) >= 11 is 0. The van der Waals surface area contributed by atoms with Crippen molar-refractivity contribution >= 4 is 11.7 Å². The minimum absolute atomic E-state index is 0.156. The maximum absolute atomic E-state index is 10.6. The van der Waals surface area contributed by atoms with E-state index in [-0.39, 0.29) is 6.04 Å². The van der Waals surface area contributed by atoms with Crippen LogP contribution >= 0.6 is 0 Å². The molecule has 3 nitrogen and oxygen atoms in total. The van der Waals surface area contributed by atoms with Crippen molar-refractivity contribution in [2.24, 2.45) is 0 Å². The van der Waals surface area contributed by atoms with Gasteiger partial charge in [-0.1, -0.05) is 37.3 Å². The van der Waals surface area contributed by atoms with E-state index >= 15 is 0 Å². The van der Waals surface area contributed by atoms with Crippen LogP contribution in [0.25, 0.3) is 5.57 Å². The molecule has 0 spiro atoms. The number of hydrogen-bond donors (Lipinski definition) is 2. The molecule has 3 heteroatoms. The quantitative estimate of drug-likeness (QED) is 0.815. The molecule has 0 saturated heterocycles. The molecule has 0 aliphatic heterocycles. The van der Waals surface area contributed by atoms with Crippen LogP contribution in [-0.2, 0) is 0 Å². The SMILES string of the molecule is C=C(C)c1cccc(C(CC)NC(=O)O)c1. The summed E-state index contributed by atoms with van der Waals surface area (Å²) < 4.78 is 0. The highest BCUT2D eigenvalue weighted by Crippen LogP contribution is 2.20. The highest BCUT2D eigenvalue weighted by Gasteiger charge is 2.11. The molecule has 0 radical (unpaired) electrons. The number of hydrogen-bond acceptors (Lipinski definition) is 1. The van der Waals surface area contributed by atoms with Gasteiger partial charge in [0.2, 0.25) is 0 Å². The normalized spacial score (nSPS) is 11.9. The Morgan fingerprint density at radius 3 is 2.75 bits per heavy atom. The Kier molecular flexibility index (Phi) is 4.11. The third-order valence-corrected chi connectivity index (χ3v) is 2.49. The maximum atomic E-state index is 10.6. The van der Waals surface area contributed by atoms with Crippen molar-refractivity contribution in [1.82, 2.24) is 5.32 Å². The van der Waals surface area contributed by atoms with Crippen molar-refractivity contribution < 1.29 is 9.90 Å². The molecule has 1 atom stereocenters. The van der Waals surface area contributed by atoms with Gasteiger partial charge in [0.05, 0.1) is 6.04 Å². The monoisotopic (exact) mass is 219 g/mol.